The van der Waals surface area contributed by atoms with Crippen molar-refractivity contribution in [3.05, 3.63) is 40.2 Å². The van der Waals surface area contributed by atoms with Gasteiger partial charge in [-0.1, -0.05) is 28.9 Å². The maximum atomic E-state index is 14.0. The second-order valence-corrected chi connectivity index (χ2v) is 11.6. The highest BCUT2D eigenvalue weighted by Gasteiger charge is 2.68. The summed E-state index contributed by atoms with van der Waals surface area (Å²) in [6.45, 7) is 1.61. The van der Waals surface area contributed by atoms with Crippen LogP contribution in [0.5, 0.6) is 5.75 Å². The summed E-state index contributed by atoms with van der Waals surface area (Å²) in [4.78, 5) is 52.2. The standard InChI is InChI=1S/C25H28BrN3O9S.BrH/c1-7-8-4-5-10(28-24(37)9(26)6-39)17(30)12(8)18(31)13-11(7)19(32)15-16(29(2)3)20(33)14(23(27)36)22(35)25(15,38)21(13)34;/h4-5,7,9,11,15-16,19,30-32,35,38-39H,6H2,1-3H3,(H2,27,36)(H,28,37);1H/t7?,9?,11?,15?,16-,19?,25?;/m0./s1. The van der Waals surface area contributed by atoms with E-state index in [0.717, 1.165) is 0 Å². The molecule has 0 aromatic heterocycles. The van der Waals surface area contributed by atoms with Gasteiger partial charge in [0.15, 0.2) is 11.4 Å². The Morgan fingerprint density at radius 2 is 1.82 bits per heavy atom. The first-order valence-electron chi connectivity index (χ1n) is 11.9. The molecule has 8 N–H and O–H groups in total. The maximum absolute atomic E-state index is 14.0. The quantitative estimate of drug-likeness (QED) is 0.0930. The number of ketones is 2. The second-order valence-electron chi connectivity index (χ2n) is 10.1. The molecule has 2 amide bonds. The number of carbonyl (C=O) groups is 4. The highest BCUT2D eigenvalue weighted by molar-refractivity contribution is 9.10. The van der Waals surface area contributed by atoms with Gasteiger partial charge in [-0.25, -0.2) is 0 Å². The zero-order valence-electron chi connectivity index (χ0n) is 21.5. The zero-order chi connectivity index (χ0) is 29.3. The summed E-state index contributed by atoms with van der Waals surface area (Å²) in [6.07, 6.45) is -1.69. The van der Waals surface area contributed by atoms with Gasteiger partial charge in [-0.2, -0.15) is 12.6 Å². The van der Waals surface area contributed by atoms with Crippen LogP contribution < -0.4 is 11.1 Å². The van der Waals surface area contributed by atoms with Gasteiger partial charge in [-0.3, -0.25) is 24.1 Å². The average Bonchev–Trinajstić information content (AvgIpc) is 2.86. The van der Waals surface area contributed by atoms with E-state index in [9.17, 15) is 44.7 Å². The van der Waals surface area contributed by atoms with E-state index in [4.69, 9.17) is 5.73 Å². The lowest BCUT2D eigenvalue weighted by Gasteiger charge is -2.53. The molecule has 7 atom stereocenters. The van der Waals surface area contributed by atoms with E-state index >= 15 is 0 Å². The summed E-state index contributed by atoms with van der Waals surface area (Å²) >= 11 is 7.18. The normalized spacial score (nSPS) is 30.2. The molecule has 15 heteroatoms. The van der Waals surface area contributed by atoms with Gasteiger partial charge < -0.3 is 36.6 Å². The van der Waals surface area contributed by atoms with Gasteiger partial charge in [0.1, 0.15) is 27.7 Å². The van der Waals surface area contributed by atoms with E-state index < -0.39 is 92.1 Å². The van der Waals surface area contributed by atoms with Gasteiger partial charge in [-0.05, 0) is 31.6 Å². The summed E-state index contributed by atoms with van der Waals surface area (Å²) in [7, 11) is 2.87. The Morgan fingerprint density at radius 3 is 2.35 bits per heavy atom. The van der Waals surface area contributed by atoms with E-state index in [2.05, 4.69) is 33.9 Å². The number of phenols is 1. The molecule has 218 valence electrons. The smallest absolute Gasteiger partial charge is 0.255 e. The Kier molecular flexibility index (Phi) is 8.90. The third kappa shape index (κ3) is 4.38. The molecular weight excluding hydrogens is 678 g/mol. The molecule has 12 nitrogen and oxygen atoms in total. The number of nitrogens with zero attached hydrogens (tertiary/aromatic N) is 1. The van der Waals surface area contributed by atoms with Crippen LogP contribution >= 0.6 is 45.5 Å². The van der Waals surface area contributed by atoms with Crippen LogP contribution in [0.1, 0.15) is 24.0 Å². The molecule has 0 heterocycles. The summed E-state index contributed by atoms with van der Waals surface area (Å²) < 4.78 is 0. The van der Waals surface area contributed by atoms with E-state index in [1.165, 1.54) is 31.1 Å². The van der Waals surface area contributed by atoms with Crippen LogP contribution in [0, 0.1) is 11.8 Å². The summed E-state index contributed by atoms with van der Waals surface area (Å²) in [6, 6.07) is 1.47. The lowest BCUT2D eigenvalue weighted by molar-refractivity contribution is -0.169. The molecule has 40 heavy (non-hydrogen) atoms. The van der Waals surface area contributed by atoms with E-state index in [0.29, 0.717) is 5.56 Å². The first-order chi connectivity index (χ1) is 18.1. The third-order valence-corrected chi connectivity index (χ3v) is 9.44. The van der Waals surface area contributed by atoms with Crippen molar-refractivity contribution < 1.29 is 44.7 Å². The SMILES string of the molecule is Br.CC1c2ccc(NC(=O)C(Br)CS)c(O)c2C(O)=C2C(=O)C3(O)C(O)=C(C(N)=O)C(=O)[C@@H](N(C)C)C3C(O)C21. The highest BCUT2D eigenvalue weighted by atomic mass is 79.9. The number of rotatable bonds is 5. The lowest BCUT2D eigenvalue weighted by Crippen LogP contribution is -2.70. The number of nitrogens with two attached hydrogens (primary N) is 1. The fourth-order valence-corrected chi connectivity index (χ4v) is 6.29. The first kappa shape index (κ1) is 32.1. The number of fused-ring (bicyclic) bond motifs is 3. The van der Waals surface area contributed by atoms with Crippen molar-refractivity contribution in [1.29, 1.82) is 0 Å². The van der Waals surface area contributed by atoms with Gasteiger partial charge in [0.05, 0.1) is 29.3 Å². The van der Waals surface area contributed by atoms with Gasteiger partial charge in [-0.15, -0.1) is 17.0 Å². The fraction of sp³-hybridized carbons (Fsp3) is 0.440. The van der Waals surface area contributed by atoms with E-state index in [1.807, 2.05) is 0 Å². The number of benzene rings is 1. The van der Waals surface area contributed by atoms with Crippen LogP contribution in [0.25, 0.3) is 5.76 Å². The summed E-state index contributed by atoms with van der Waals surface area (Å²) in [5, 5.41) is 59.0. The predicted octanol–water partition coefficient (Wildman–Crippen LogP) is 0.706. The average molecular weight is 707 g/mol. The fourth-order valence-electron chi connectivity index (χ4n) is 6.01. The predicted molar refractivity (Wildman–Crippen MR) is 156 cm³/mol. The number of hydrogen-bond donors (Lipinski definition) is 8. The van der Waals surface area contributed by atoms with Crippen LogP contribution in [0.2, 0.25) is 0 Å². The number of alkyl halides is 1. The largest absolute Gasteiger partial charge is 0.508 e. The van der Waals surface area contributed by atoms with Crippen molar-refractivity contribution in [3.63, 3.8) is 0 Å². The minimum absolute atomic E-state index is 0. The van der Waals surface area contributed by atoms with Crippen LogP contribution in [0.3, 0.4) is 0 Å². The van der Waals surface area contributed by atoms with Crippen molar-refractivity contribution in [2.45, 2.75) is 35.4 Å². The minimum Gasteiger partial charge on any atom is -0.508 e. The van der Waals surface area contributed by atoms with Gasteiger partial charge in [0.2, 0.25) is 11.7 Å². The number of phenolic OH excluding ortho intramolecular Hbond substituents is 1. The molecule has 0 bridgehead atoms. The van der Waals surface area contributed by atoms with Crippen molar-refractivity contribution >= 4 is 80.4 Å². The molecule has 0 spiro atoms. The molecule has 1 aromatic carbocycles. The number of thiol groups is 1. The Bertz CT molecular complexity index is 1380. The number of anilines is 1. The topological polar surface area (TPSA) is 211 Å². The Balaban J connectivity index is 0.00000441. The number of aliphatic hydroxyl groups excluding tert-OH is 3. The van der Waals surface area contributed by atoms with Crippen molar-refractivity contribution in [3.8, 4) is 5.75 Å². The molecule has 4 rings (SSSR count). The number of nitrogens with one attached hydrogen (secondary N) is 1. The van der Waals surface area contributed by atoms with Crippen molar-refractivity contribution in [2.24, 2.45) is 17.6 Å². The molecule has 0 radical (unpaired) electrons. The Labute approximate surface area is 253 Å². The van der Waals surface area contributed by atoms with Gasteiger partial charge in [0, 0.05) is 17.2 Å². The Morgan fingerprint density at radius 1 is 1.23 bits per heavy atom. The molecule has 1 aromatic rings. The van der Waals surface area contributed by atoms with Crippen LogP contribution in [-0.4, -0.2) is 96.2 Å². The second kappa shape index (κ2) is 11.1. The molecule has 3 aliphatic carbocycles. The molecule has 3 aliphatic rings. The summed E-state index contributed by atoms with van der Waals surface area (Å²) in [5.41, 5.74) is 0.812. The van der Waals surface area contributed by atoms with Crippen LogP contribution in [-0.2, 0) is 19.2 Å². The van der Waals surface area contributed by atoms with Crippen molar-refractivity contribution in [1.82, 2.24) is 4.90 Å². The van der Waals surface area contributed by atoms with Crippen LogP contribution in [0.4, 0.5) is 5.69 Å². The van der Waals surface area contributed by atoms with Gasteiger partial charge >= 0.3 is 0 Å². The van der Waals surface area contributed by atoms with Crippen LogP contribution in [0.15, 0.2) is 29.0 Å². The lowest BCUT2D eigenvalue weighted by atomic mass is 9.54. The molecule has 1 fully saturated rings. The monoisotopic (exact) mass is 705 g/mol. The van der Waals surface area contributed by atoms with Crippen molar-refractivity contribution in [2.75, 3.05) is 25.2 Å². The van der Waals surface area contributed by atoms with Gasteiger partial charge in [0.25, 0.3) is 5.91 Å². The maximum Gasteiger partial charge on any atom is 0.255 e. The van der Waals surface area contributed by atoms with E-state index in [1.54, 1.807) is 6.92 Å². The zero-order valence-corrected chi connectivity index (χ0v) is 25.6. The molecular formula is C25H29Br2N3O9S. The van der Waals surface area contributed by atoms with E-state index in [-0.39, 0.29) is 34.0 Å². The molecule has 0 aliphatic heterocycles. The molecule has 6 unspecified atom stereocenters. The number of aliphatic hydroxyl groups is 4. The highest BCUT2D eigenvalue weighted by Crippen LogP contribution is 2.56. The Hall–Kier alpha value is -2.43. The number of primary amides is 1. The molecule has 0 saturated heterocycles. The summed E-state index contributed by atoms with van der Waals surface area (Å²) in [5.74, 6) is -10.3. The number of halogens is 2. The number of hydrogen-bond acceptors (Lipinski definition) is 11. The number of Topliss-reactive ketones (excluding diaryl/α,β-unsaturated/α-hetero) is 2. The first-order valence-corrected chi connectivity index (χ1v) is 13.4. The number of likely N-dealkylation sites (N-methyl/N-ethyl adjacent to an activating group) is 1. The minimum atomic E-state index is -3.00. The number of aromatic hydroxyl groups is 1. The molecule has 1 saturated carbocycles. The third-order valence-electron chi connectivity index (χ3n) is 7.83. The number of carbonyl (C=O) groups excluding carboxylic acids is 4. The number of amides is 2.